The summed E-state index contributed by atoms with van der Waals surface area (Å²) in [6, 6.07) is 10.6. The number of likely N-dealkylation sites (tertiary alicyclic amines) is 1. The van der Waals surface area contributed by atoms with Crippen molar-refractivity contribution in [2.75, 3.05) is 19.6 Å². The molecule has 0 aromatic heterocycles. The molecule has 1 aliphatic carbocycles. The topological polar surface area (TPSA) is 32.3 Å². The second-order valence-electron chi connectivity index (χ2n) is 5.83. The molecular formula is C15H20N2O. The first-order valence-electron chi connectivity index (χ1n) is 6.69. The highest BCUT2D eigenvalue weighted by atomic mass is 16.1. The van der Waals surface area contributed by atoms with E-state index >= 15 is 0 Å². The molecule has 2 aliphatic rings. The van der Waals surface area contributed by atoms with Crippen LogP contribution in [0.3, 0.4) is 0 Å². The maximum atomic E-state index is 11.0. The lowest BCUT2D eigenvalue weighted by Gasteiger charge is -2.20. The van der Waals surface area contributed by atoms with Crippen LogP contribution in [0.5, 0.6) is 0 Å². The van der Waals surface area contributed by atoms with E-state index in [1.165, 1.54) is 18.5 Å². The molecule has 0 bridgehead atoms. The van der Waals surface area contributed by atoms with Gasteiger partial charge in [0.05, 0.1) is 0 Å². The summed E-state index contributed by atoms with van der Waals surface area (Å²) in [6.45, 7) is 5.82. The summed E-state index contributed by atoms with van der Waals surface area (Å²) in [6.07, 6.45) is 1.29. The molecule has 96 valence electrons. The van der Waals surface area contributed by atoms with Crippen molar-refractivity contribution in [3.05, 3.63) is 35.9 Å². The first-order chi connectivity index (χ1) is 8.68. The second kappa shape index (κ2) is 4.39. The third-order valence-corrected chi connectivity index (χ3v) is 4.31. The molecule has 1 saturated carbocycles. The molecule has 0 radical (unpaired) electrons. The number of hydrogen-bond acceptors (Lipinski definition) is 2. The quantitative estimate of drug-likeness (QED) is 0.873. The molecule has 0 spiro atoms. The zero-order chi connectivity index (χ0) is 12.6. The van der Waals surface area contributed by atoms with Crippen LogP contribution in [0.15, 0.2) is 30.3 Å². The molecule has 1 aliphatic heterocycles. The van der Waals surface area contributed by atoms with Gasteiger partial charge >= 0.3 is 0 Å². The van der Waals surface area contributed by atoms with E-state index in [9.17, 15) is 4.79 Å². The van der Waals surface area contributed by atoms with Gasteiger partial charge in [0.1, 0.15) is 0 Å². The molecule has 2 atom stereocenters. The molecule has 1 N–H and O–H groups in total. The van der Waals surface area contributed by atoms with Gasteiger partial charge in [0.2, 0.25) is 5.91 Å². The fourth-order valence-corrected chi connectivity index (χ4v) is 3.24. The molecule has 3 nitrogen and oxygen atoms in total. The normalized spacial score (nSPS) is 29.9. The van der Waals surface area contributed by atoms with Crippen LogP contribution in [0.4, 0.5) is 0 Å². The van der Waals surface area contributed by atoms with Crippen LogP contribution in [-0.2, 0) is 11.3 Å². The van der Waals surface area contributed by atoms with Crippen molar-refractivity contribution in [3.8, 4) is 0 Å². The smallest absolute Gasteiger partial charge is 0.216 e. The standard InChI is InChI=1S/C15H20N2O/c1-12(18)16-10-15-7-14(15)9-17(11-15)8-13-5-3-2-4-6-13/h2-6,14H,7-11H2,1H3,(H,16,18). The number of piperidine rings is 1. The lowest BCUT2D eigenvalue weighted by molar-refractivity contribution is -0.119. The van der Waals surface area contributed by atoms with Gasteiger partial charge in [-0.2, -0.15) is 0 Å². The van der Waals surface area contributed by atoms with Crippen LogP contribution in [0.1, 0.15) is 18.9 Å². The van der Waals surface area contributed by atoms with E-state index < -0.39 is 0 Å². The first kappa shape index (κ1) is 11.7. The first-order valence-corrected chi connectivity index (χ1v) is 6.69. The van der Waals surface area contributed by atoms with Gasteiger partial charge in [0, 0.05) is 38.5 Å². The number of hydrogen-bond donors (Lipinski definition) is 1. The Labute approximate surface area is 108 Å². The van der Waals surface area contributed by atoms with Crippen molar-refractivity contribution in [1.29, 1.82) is 0 Å². The second-order valence-corrected chi connectivity index (χ2v) is 5.83. The Morgan fingerprint density at radius 1 is 1.44 bits per heavy atom. The maximum absolute atomic E-state index is 11.0. The van der Waals surface area contributed by atoms with E-state index in [0.29, 0.717) is 5.41 Å². The summed E-state index contributed by atoms with van der Waals surface area (Å²) in [5.41, 5.74) is 1.77. The molecule has 1 saturated heterocycles. The van der Waals surface area contributed by atoms with Gasteiger partial charge in [0.15, 0.2) is 0 Å². The third-order valence-electron chi connectivity index (χ3n) is 4.31. The average molecular weight is 244 g/mol. The summed E-state index contributed by atoms with van der Waals surface area (Å²) < 4.78 is 0. The number of carbonyl (C=O) groups is 1. The zero-order valence-electron chi connectivity index (χ0n) is 10.9. The minimum absolute atomic E-state index is 0.0940. The Morgan fingerprint density at radius 2 is 2.22 bits per heavy atom. The summed E-state index contributed by atoms with van der Waals surface area (Å²) in [4.78, 5) is 13.5. The Hall–Kier alpha value is -1.35. The SMILES string of the molecule is CC(=O)NCC12CC1CN(Cc1ccccc1)C2. The summed E-state index contributed by atoms with van der Waals surface area (Å²) in [5, 5.41) is 2.99. The van der Waals surface area contributed by atoms with Crippen LogP contribution < -0.4 is 5.32 Å². The van der Waals surface area contributed by atoms with Crippen molar-refractivity contribution in [1.82, 2.24) is 10.2 Å². The van der Waals surface area contributed by atoms with Crippen molar-refractivity contribution in [3.63, 3.8) is 0 Å². The van der Waals surface area contributed by atoms with Crippen LogP contribution in [0.25, 0.3) is 0 Å². The van der Waals surface area contributed by atoms with Gasteiger partial charge in [-0.25, -0.2) is 0 Å². The fourth-order valence-electron chi connectivity index (χ4n) is 3.24. The Kier molecular flexibility index (Phi) is 2.86. The Bertz CT molecular complexity index is 445. The van der Waals surface area contributed by atoms with Crippen LogP contribution in [0, 0.1) is 11.3 Å². The molecule has 1 heterocycles. The van der Waals surface area contributed by atoms with E-state index in [2.05, 4.69) is 40.5 Å². The molecule has 1 aromatic rings. The number of benzene rings is 1. The lowest BCUT2D eigenvalue weighted by Crippen LogP contribution is -2.33. The van der Waals surface area contributed by atoms with Gasteiger partial charge in [-0.05, 0) is 17.9 Å². The molecule has 2 unspecified atom stereocenters. The van der Waals surface area contributed by atoms with Crippen molar-refractivity contribution in [2.24, 2.45) is 11.3 Å². The predicted molar refractivity (Wildman–Crippen MR) is 70.9 cm³/mol. The lowest BCUT2D eigenvalue weighted by atomic mass is 10.1. The highest BCUT2D eigenvalue weighted by Crippen LogP contribution is 2.57. The zero-order valence-corrected chi connectivity index (χ0v) is 10.9. The summed E-state index contributed by atoms with van der Waals surface area (Å²) in [7, 11) is 0. The number of amides is 1. The van der Waals surface area contributed by atoms with E-state index in [1.807, 2.05) is 0 Å². The van der Waals surface area contributed by atoms with E-state index in [-0.39, 0.29) is 5.91 Å². The largest absolute Gasteiger partial charge is 0.356 e. The van der Waals surface area contributed by atoms with Crippen LogP contribution in [0.2, 0.25) is 0 Å². The number of fused-ring (bicyclic) bond motifs is 1. The number of nitrogens with zero attached hydrogens (tertiary/aromatic N) is 1. The third kappa shape index (κ3) is 2.27. The minimum Gasteiger partial charge on any atom is -0.356 e. The number of carbonyl (C=O) groups excluding carboxylic acids is 1. The molecule has 18 heavy (non-hydrogen) atoms. The number of nitrogens with one attached hydrogen (secondary N) is 1. The van der Waals surface area contributed by atoms with Gasteiger partial charge in [-0.1, -0.05) is 30.3 Å². The predicted octanol–water partition coefficient (Wildman–Crippen LogP) is 1.64. The average Bonchev–Trinajstić information content (AvgIpc) is 2.91. The molecule has 1 aromatic carbocycles. The molecule has 1 amide bonds. The molecule has 3 rings (SSSR count). The van der Waals surface area contributed by atoms with Crippen molar-refractivity contribution < 1.29 is 4.79 Å². The Balaban J connectivity index is 1.55. The molecule has 3 heteroatoms. The fraction of sp³-hybridized carbons (Fsp3) is 0.533. The summed E-state index contributed by atoms with van der Waals surface area (Å²) in [5.74, 6) is 0.893. The van der Waals surface area contributed by atoms with Gasteiger partial charge in [-0.15, -0.1) is 0 Å². The summed E-state index contributed by atoms with van der Waals surface area (Å²) >= 11 is 0. The highest BCUT2D eigenvalue weighted by Gasteiger charge is 2.59. The van der Waals surface area contributed by atoms with E-state index in [0.717, 1.165) is 25.6 Å². The van der Waals surface area contributed by atoms with Crippen LogP contribution >= 0.6 is 0 Å². The molecule has 2 fully saturated rings. The number of rotatable bonds is 4. The van der Waals surface area contributed by atoms with Gasteiger partial charge < -0.3 is 5.32 Å². The maximum Gasteiger partial charge on any atom is 0.216 e. The minimum atomic E-state index is 0.0940. The monoisotopic (exact) mass is 244 g/mol. The highest BCUT2D eigenvalue weighted by molar-refractivity contribution is 5.72. The van der Waals surface area contributed by atoms with Gasteiger partial charge in [-0.3, -0.25) is 9.69 Å². The van der Waals surface area contributed by atoms with Crippen molar-refractivity contribution in [2.45, 2.75) is 19.9 Å². The van der Waals surface area contributed by atoms with Crippen LogP contribution in [-0.4, -0.2) is 30.4 Å². The molecular weight excluding hydrogens is 224 g/mol. The van der Waals surface area contributed by atoms with Crippen molar-refractivity contribution >= 4 is 5.91 Å². The van der Waals surface area contributed by atoms with E-state index in [1.54, 1.807) is 6.92 Å². The Morgan fingerprint density at radius 3 is 2.94 bits per heavy atom. The van der Waals surface area contributed by atoms with E-state index in [4.69, 9.17) is 0 Å². The van der Waals surface area contributed by atoms with Gasteiger partial charge in [0.25, 0.3) is 0 Å².